The first kappa shape index (κ1) is 22.1. The molecule has 3 aromatic rings. The van der Waals surface area contributed by atoms with Crippen molar-refractivity contribution in [1.82, 2.24) is 0 Å². The van der Waals surface area contributed by atoms with Gasteiger partial charge in [-0.3, -0.25) is 4.79 Å². The lowest BCUT2D eigenvalue weighted by Crippen LogP contribution is -2.14. The molecule has 7 heteroatoms. The fraction of sp³-hybridized carbons (Fsp3) is 0.320. The fourth-order valence-corrected chi connectivity index (χ4v) is 4.54. The van der Waals surface area contributed by atoms with Gasteiger partial charge in [0.05, 0.1) is 11.8 Å². The summed E-state index contributed by atoms with van der Waals surface area (Å²) in [4.78, 5) is 11.2. The van der Waals surface area contributed by atoms with Gasteiger partial charge in [-0.25, -0.2) is 8.42 Å². The van der Waals surface area contributed by atoms with Crippen molar-refractivity contribution < 1.29 is 23.1 Å². The van der Waals surface area contributed by atoms with Crippen LogP contribution in [0.3, 0.4) is 0 Å². The van der Waals surface area contributed by atoms with Crippen molar-refractivity contribution in [1.29, 1.82) is 0 Å². The molecule has 0 aliphatic heterocycles. The van der Waals surface area contributed by atoms with Gasteiger partial charge in [0, 0.05) is 12.0 Å². The highest BCUT2D eigenvalue weighted by Crippen LogP contribution is 2.41. The molecule has 0 radical (unpaired) electrons. The van der Waals surface area contributed by atoms with Crippen LogP contribution in [-0.4, -0.2) is 31.5 Å². The molecule has 0 atom stereocenters. The minimum Gasteiger partial charge on any atom is -0.488 e. The maximum absolute atomic E-state index is 11.3. The van der Waals surface area contributed by atoms with E-state index >= 15 is 0 Å². The zero-order valence-electron chi connectivity index (χ0n) is 17.8. The van der Waals surface area contributed by atoms with Gasteiger partial charge >= 0.3 is 5.97 Å². The second kappa shape index (κ2) is 10.0. The number of hydrogen-bond donors (Lipinski definition) is 3. The van der Waals surface area contributed by atoms with Crippen LogP contribution in [0.15, 0.2) is 54.6 Å². The Morgan fingerprint density at radius 1 is 1.03 bits per heavy atom. The third-order valence-corrected chi connectivity index (χ3v) is 6.24. The van der Waals surface area contributed by atoms with Crippen LogP contribution in [0.4, 0.5) is 5.69 Å². The molecule has 1 saturated carbocycles. The summed E-state index contributed by atoms with van der Waals surface area (Å²) in [5.74, 6) is -0.459. The van der Waals surface area contributed by atoms with E-state index in [9.17, 15) is 13.2 Å². The molecular formula is C25H27NO5S. The largest absolute Gasteiger partial charge is 0.488 e. The van der Waals surface area contributed by atoms with Crippen LogP contribution in [-0.2, 0) is 21.9 Å². The Hall–Kier alpha value is -3.06. The first-order chi connectivity index (χ1) is 15.5. The quantitative estimate of drug-likeness (QED) is 0.402. The molecule has 6 nitrogen and oxygen atoms in total. The number of hydrogen-bond acceptors (Lipinski definition) is 5. The van der Waals surface area contributed by atoms with Crippen LogP contribution in [0.5, 0.6) is 5.75 Å². The van der Waals surface area contributed by atoms with Gasteiger partial charge in [0.1, 0.15) is 5.88 Å². The highest BCUT2D eigenvalue weighted by Gasteiger charge is 2.22. The summed E-state index contributed by atoms with van der Waals surface area (Å²) in [6, 6.07) is 18.0. The Kier molecular flexibility index (Phi) is 6.95. The lowest BCUT2D eigenvalue weighted by molar-refractivity contribution is -0.136. The normalized spacial score (nSPS) is 14.2. The summed E-state index contributed by atoms with van der Waals surface area (Å²) in [6.45, 7) is 0. The van der Waals surface area contributed by atoms with Crippen LogP contribution >= 0.6 is 0 Å². The molecule has 0 unspecified atom stereocenters. The summed E-state index contributed by atoms with van der Waals surface area (Å²) in [7, 11) is -2.63. The van der Waals surface area contributed by atoms with Gasteiger partial charge in [0.25, 0.3) is 0 Å². The summed E-state index contributed by atoms with van der Waals surface area (Å²) in [6.07, 6.45) is 4.58. The van der Waals surface area contributed by atoms with Crippen molar-refractivity contribution in [3.05, 3.63) is 60.2 Å². The number of aliphatic carboxylic acids is 1. The number of thiol groups is 1. The lowest BCUT2D eigenvalue weighted by Gasteiger charge is -2.22. The average Bonchev–Trinajstić information content (AvgIpc) is 3.30. The van der Waals surface area contributed by atoms with Crippen molar-refractivity contribution >= 4 is 33.1 Å². The predicted octanol–water partition coefficient (Wildman–Crippen LogP) is 4.83. The molecule has 1 fully saturated rings. The molecule has 0 heterocycles. The molecule has 0 aromatic heterocycles. The van der Waals surface area contributed by atoms with Crippen molar-refractivity contribution in [3.63, 3.8) is 0 Å². The van der Waals surface area contributed by atoms with Crippen LogP contribution in [0, 0.1) is 0 Å². The zero-order valence-corrected chi connectivity index (χ0v) is 18.6. The second-order valence-electron chi connectivity index (χ2n) is 8.17. The Labute approximate surface area is 189 Å². The minimum atomic E-state index is -2.63. The number of aryl methyl sites for hydroxylation is 1. The number of fused-ring (bicyclic) bond motifs is 1. The van der Waals surface area contributed by atoms with Crippen LogP contribution in [0.2, 0.25) is 0 Å². The Bertz CT molecular complexity index is 1190. The van der Waals surface area contributed by atoms with E-state index in [0.29, 0.717) is 17.9 Å². The van der Waals surface area contributed by atoms with E-state index < -0.39 is 16.7 Å². The van der Waals surface area contributed by atoms with Gasteiger partial charge in [0.2, 0.25) is 0 Å². The topological polar surface area (TPSA) is 92.7 Å². The highest BCUT2D eigenvalue weighted by atomic mass is 32.2. The van der Waals surface area contributed by atoms with Crippen molar-refractivity contribution in [2.75, 3.05) is 11.2 Å². The van der Waals surface area contributed by atoms with Gasteiger partial charge in [-0.2, -0.15) is 0 Å². The van der Waals surface area contributed by atoms with Crippen LogP contribution in [0.25, 0.3) is 21.9 Å². The van der Waals surface area contributed by atoms with Crippen molar-refractivity contribution in [2.45, 2.75) is 44.6 Å². The molecule has 4 rings (SSSR count). The number of benzene rings is 3. The van der Waals surface area contributed by atoms with Gasteiger partial charge in [0.15, 0.2) is 16.5 Å². The molecule has 0 saturated heterocycles. The van der Waals surface area contributed by atoms with Crippen molar-refractivity contribution in [2.24, 2.45) is 0 Å². The molecule has 3 aromatic carbocycles. The molecule has 1 aliphatic rings. The molecule has 32 heavy (non-hydrogen) atoms. The van der Waals surface area contributed by atoms with Gasteiger partial charge in [-0.1, -0.05) is 36.4 Å². The van der Waals surface area contributed by atoms with E-state index in [1.807, 2.05) is 36.4 Å². The molecule has 1 aliphatic carbocycles. The number of ether oxygens (including phenoxy) is 1. The standard InChI is InChI=1S/C25H27NO5S/c27-24(28)12-9-17-13-22(20-11-10-18-5-1-2-6-19(18)15-20)25(31-21-7-3-4-8-21)23(14-17)26-16-32(29)30/h1-2,5-6,10-11,13-15,21,26,32H,3-4,7-9,12,16H2,(H,27,28). The van der Waals surface area contributed by atoms with Gasteiger partial charge < -0.3 is 15.2 Å². The van der Waals surface area contributed by atoms with E-state index in [0.717, 1.165) is 53.1 Å². The lowest BCUT2D eigenvalue weighted by atomic mass is 9.96. The Morgan fingerprint density at radius 2 is 1.78 bits per heavy atom. The summed E-state index contributed by atoms with van der Waals surface area (Å²) >= 11 is 0. The van der Waals surface area contributed by atoms with E-state index in [1.165, 1.54) is 0 Å². The van der Waals surface area contributed by atoms with Gasteiger partial charge in [-0.05, 0) is 72.2 Å². The number of carboxylic acids is 1. The smallest absolute Gasteiger partial charge is 0.303 e. The third-order valence-electron chi connectivity index (χ3n) is 5.82. The van der Waals surface area contributed by atoms with Gasteiger partial charge in [-0.15, -0.1) is 0 Å². The minimum absolute atomic E-state index is 0.00471. The molecule has 0 amide bonds. The summed E-state index contributed by atoms with van der Waals surface area (Å²) < 4.78 is 29.0. The van der Waals surface area contributed by atoms with Crippen LogP contribution < -0.4 is 10.1 Å². The molecule has 2 N–H and O–H groups in total. The van der Waals surface area contributed by atoms with Crippen LogP contribution in [0.1, 0.15) is 37.7 Å². The number of carbonyl (C=O) groups is 1. The second-order valence-corrected chi connectivity index (χ2v) is 9.15. The van der Waals surface area contributed by atoms with Crippen molar-refractivity contribution in [3.8, 4) is 16.9 Å². The number of anilines is 1. The Balaban J connectivity index is 1.84. The molecule has 0 bridgehead atoms. The predicted molar refractivity (Wildman–Crippen MR) is 127 cm³/mol. The average molecular weight is 454 g/mol. The molecule has 0 spiro atoms. The zero-order chi connectivity index (χ0) is 22.5. The van der Waals surface area contributed by atoms with E-state index in [1.54, 1.807) is 0 Å². The van der Waals surface area contributed by atoms with E-state index in [4.69, 9.17) is 9.84 Å². The SMILES string of the molecule is O=C(O)CCc1cc(NC[SH](=O)=O)c(OC2CCCC2)c(-c2ccc3ccccc3c2)c1. The highest BCUT2D eigenvalue weighted by molar-refractivity contribution is 7.72. The maximum Gasteiger partial charge on any atom is 0.303 e. The number of nitrogens with one attached hydrogen (secondary N) is 1. The fourth-order valence-electron chi connectivity index (χ4n) is 4.24. The number of carboxylic acid groups (broad SMARTS) is 1. The first-order valence-electron chi connectivity index (χ1n) is 10.9. The summed E-state index contributed by atoms with van der Waals surface area (Å²) in [5, 5.41) is 14.4. The maximum atomic E-state index is 11.3. The molecular weight excluding hydrogens is 426 g/mol. The third kappa shape index (κ3) is 5.40. The number of rotatable bonds is 9. The molecule has 168 valence electrons. The first-order valence-corrected chi connectivity index (χ1v) is 12.3. The summed E-state index contributed by atoms with van der Waals surface area (Å²) in [5.41, 5.74) is 3.19. The monoisotopic (exact) mass is 453 g/mol. The van der Waals surface area contributed by atoms with E-state index in [-0.39, 0.29) is 18.4 Å². The Morgan fingerprint density at radius 3 is 2.50 bits per heavy atom. The van der Waals surface area contributed by atoms with E-state index in [2.05, 4.69) is 23.5 Å².